The molecule has 0 saturated carbocycles. The maximum atomic E-state index is 12.9. The van der Waals surface area contributed by atoms with Gasteiger partial charge in [0.15, 0.2) is 31.5 Å². The van der Waals surface area contributed by atoms with Gasteiger partial charge >= 0.3 is 20.8 Å². The van der Waals surface area contributed by atoms with Crippen LogP contribution in [0.4, 0.5) is 0 Å². The van der Waals surface area contributed by atoms with E-state index in [1.807, 2.05) is 0 Å². The van der Waals surface area contributed by atoms with Gasteiger partial charge in [0.05, 0.1) is 32.5 Å². The summed E-state index contributed by atoms with van der Waals surface area (Å²) < 4.78 is 124. The van der Waals surface area contributed by atoms with E-state index < -0.39 is 207 Å². The van der Waals surface area contributed by atoms with Crippen LogP contribution in [0.25, 0.3) is 0 Å². The molecule has 0 bridgehead atoms. The van der Waals surface area contributed by atoms with Crippen LogP contribution in [0.5, 0.6) is 0 Å². The third-order valence-electron chi connectivity index (χ3n) is 11.1. The monoisotopic (exact) mass is 1010 g/mol. The van der Waals surface area contributed by atoms with Crippen LogP contribution in [0.2, 0.25) is 0 Å². The average Bonchev–Trinajstić information content (AvgIpc) is 3.24. The summed E-state index contributed by atoms with van der Waals surface area (Å²) in [7, 11) is -10.9. The summed E-state index contributed by atoms with van der Waals surface area (Å²) in [6.45, 7) is -2.38. The first kappa shape index (κ1) is 55.3. The number of ether oxygens (including phenoxy) is 9. The van der Waals surface area contributed by atoms with Gasteiger partial charge in [-0.2, -0.15) is 16.8 Å². The molecule has 386 valence electrons. The van der Waals surface area contributed by atoms with Gasteiger partial charge in [-0.25, -0.2) is 8.37 Å². The topological polar surface area (TPSA) is 502 Å². The van der Waals surface area contributed by atoms with Gasteiger partial charge in [0.1, 0.15) is 116 Å². The molecule has 5 aliphatic heterocycles. The van der Waals surface area contributed by atoms with E-state index in [0.717, 1.165) is 6.92 Å². The van der Waals surface area contributed by atoms with Crippen LogP contribution >= 0.6 is 0 Å². The Morgan fingerprint density at radius 3 is 1.55 bits per heavy atom. The van der Waals surface area contributed by atoms with Crippen molar-refractivity contribution in [3.05, 3.63) is 0 Å². The molecule has 5 aliphatic rings. The van der Waals surface area contributed by atoms with E-state index in [-0.39, 0.29) is 0 Å². The van der Waals surface area contributed by atoms with Crippen molar-refractivity contribution in [2.24, 2.45) is 0 Å². The van der Waals surface area contributed by atoms with Gasteiger partial charge in [-0.1, -0.05) is 0 Å². The maximum Gasteiger partial charge on any atom is 0.397 e. The normalized spacial score (nSPS) is 47.3. The Morgan fingerprint density at radius 2 is 0.985 bits per heavy atom. The Hall–Kier alpha value is -1.67. The number of amides is 1. The van der Waals surface area contributed by atoms with Crippen LogP contribution in [0.3, 0.4) is 0 Å². The highest BCUT2D eigenvalue weighted by atomic mass is 32.3. The second kappa shape index (κ2) is 22.6. The van der Waals surface area contributed by atoms with E-state index in [9.17, 15) is 92.6 Å². The number of carbonyl (C=O) groups is 1. The Bertz CT molecular complexity index is 1800. The molecule has 0 aromatic carbocycles. The molecule has 5 heterocycles. The fourth-order valence-corrected chi connectivity index (χ4v) is 8.56. The van der Waals surface area contributed by atoms with E-state index in [0.29, 0.717) is 0 Å². The average molecular weight is 1010 g/mol. The number of hydrogen-bond acceptors (Lipinski definition) is 29. The molecule has 0 aliphatic carbocycles. The van der Waals surface area contributed by atoms with Crippen molar-refractivity contribution < 1.29 is 148 Å². The lowest BCUT2D eigenvalue weighted by Crippen LogP contribution is -2.71. The zero-order valence-electron chi connectivity index (χ0n) is 34.3. The molecule has 0 radical (unpaired) electrons. The van der Waals surface area contributed by atoms with Crippen molar-refractivity contribution in [1.29, 1.82) is 0 Å². The van der Waals surface area contributed by atoms with Crippen LogP contribution in [-0.4, -0.2) is 278 Å². The van der Waals surface area contributed by atoms with Crippen molar-refractivity contribution in [2.45, 2.75) is 167 Å². The molecule has 34 heteroatoms. The molecule has 66 heavy (non-hydrogen) atoms. The van der Waals surface area contributed by atoms with Gasteiger partial charge < -0.3 is 114 Å². The predicted molar refractivity (Wildman–Crippen MR) is 198 cm³/mol. The van der Waals surface area contributed by atoms with Crippen molar-refractivity contribution >= 4 is 26.7 Å². The van der Waals surface area contributed by atoms with Gasteiger partial charge in [-0.3, -0.25) is 13.9 Å². The lowest BCUT2D eigenvalue weighted by atomic mass is 9.93. The number of aliphatic hydroxyl groups is 13. The van der Waals surface area contributed by atoms with Gasteiger partial charge in [-0.05, 0) is 6.92 Å². The van der Waals surface area contributed by atoms with Gasteiger partial charge in [0.2, 0.25) is 5.91 Å². The SMILES string of the molecule is CC(=O)N[C@H]1[C@H](O[C@H]2[C@@H](O)[C@@H](CO)O[C@@H](O[C@H]3[C@H](O)[C@@H](O)C(O)O[C@@H]3CO)[C@@H]2O)O[C@H](CO)[C@@H](O[C@@H]2O[C@H](COS(=O)(=O)O)[C@H](O)[C@H](OS(=O)(=O)O)[C@H]2O)[C@@H]1O[C@@H]1O[C@@H](C)[C@@H](O)[C@@H](O)[C@@H]1O. The largest absolute Gasteiger partial charge is 0.397 e. The van der Waals surface area contributed by atoms with E-state index in [4.69, 9.17) is 47.2 Å². The first-order valence-electron chi connectivity index (χ1n) is 19.8. The first-order chi connectivity index (χ1) is 30.7. The number of nitrogens with one attached hydrogen (secondary N) is 1. The fourth-order valence-electron chi connectivity index (χ4n) is 7.75. The second-order valence-corrected chi connectivity index (χ2v) is 17.8. The van der Waals surface area contributed by atoms with E-state index in [2.05, 4.69) is 13.7 Å². The lowest BCUT2D eigenvalue weighted by Gasteiger charge is -2.51. The van der Waals surface area contributed by atoms with Crippen LogP contribution in [0.1, 0.15) is 13.8 Å². The Morgan fingerprint density at radius 1 is 0.500 bits per heavy atom. The molecule has 0 aromatic rings. The first-order valence-corrected chi connectivity index (χ1v) is 22.5. The van der Waals surface area contributed by atoms with Gasteiger partial charge in [-0.15, -0.1) is 0 Å². The summed E-state index contributed by atoms with van der Waals surface area (Å²) in [6.07, 6.45) is -49.0. The standard InChI is InChI=1S/C32H55NO31S2/c1-7-14(38)17(41)20(44)30(55-7)62-25-13(33-8(2)37)29(63-26-15(39)9(3-34)57-31(21(26)45)60-23-10(4-35)56-28(47)19(43)18(23)42)58-11(5-36)24(25)61-32-22(46)27(64-66(51,52)53)16(40)12(59-32)6-54-65(48,49)50/h7,9-32,34-36,38-47H,3-6H2,1-2H3,(H,33,37)(H,48,49,50)(H,51,52,53)/t7-,9+,10+,11+,12+,13+,14+,15-,16-,17+,18+,19+,20-,21+,22+,23+,24+,25+,26-,27-,28?,29-,30-,31-,32-/m0/s1. The van der Waals surface area contributed by atoms with Crippen LogP contribution < -0.4 is 5.32 Å². The molecule has 5 fully saturated rings. The molecule has 5 rings (SSSR count). The Labute approximate surface area is 373 Å². The zero-order chi connectivity index (χ0) is 49.3. The molecule has 25 atom stereocenters. The molecule has 32 nitrogen and oxygen atoms in total. The van der Waals surface area contributed by atoms with E-state index in [1.165, 1.54) is 6.92 Å². The minimum absolute atomic E-state index is 0.924. The smallest absolute Gasteiger partial charge is 0.394 e. The number of aliphatic hydroxyl groups excluding tert-OH is 13. The third-order valence-corrected chi connectivity index (χ3v) is 12.0. The summed E-state index contributed by atoms with van der Waals surface area (Å²) in [5, 5.41) is 141. The van der Waals surface area contributed by atoms with E-state index >= 15 is 0 Å². The summed E-state index contributed by atoms with van der Waals surface area (Å²) in [4.78, 5) is 12.9. The predicted octanol–water partition coefficient (Wildman–Crippen LogP) is -11.1. The van der Waals surface area contributed by atoms with E-state index in [1.54, 1.807) is 0 Å². The quantitative estimate of drug-likeness (QED) is 0.0602. The fraction of sp³-hybridized carbons (Fsp3) is 0.969. The number of rotatable bonds is 17. The highest BCUT2D eigenvalue weighted by Crippen LogP contribution is 2.37. The van der Waals surface area contributed by atoms with Crippen molar-refractivity contribution in [3.8, 4) is 0 Å². The molecule has 16 N–H and O–H groups in total. The molecular weight excluding hydrogens is 958 g/mol. The third kappa shape index (κ3) is 12.8. The van der Waals surface area contributed by atoms with Crippen LogP contribution in [0.15, 0.2) is 0 Å². The molecular formula is C32H55NO31S2. The minimum atomic E-state index is -5.57. The second-order valence-electron chi connectivity index (χ2n) is 15.7. The maximum absolute atomic E-state index is 12.9. The molecule has 1 unspecified atom stereocenters. The van der Waals surface area contributed by atoms with Gasteiger partial charge in [0.25, 0.3) is 0 Å². The van der Waals surface area contributed by atoms with Gasteiger partial charge in [0, 0.05) is 6.92 Å². The van der Waals surface area contributed by atoms with Crippen LogP contribution in [0, 0.1) is 0 Å². The summed E-state index contributed by atoms with van der Waals surface area (Å²) in [5.74, 6) is -0.966. The van der Waals surface area contributed by atoms with Crippen molar-refractivity contribution in [2.75, 3.05) is 26.4 Å². The molecule has 1 amide bonds. The molecule has 0 spiro atoms. The molecule has 0 aromatic heterocycles. The highest BCUT2D eigenvalue weighted by molar-refractivity contribution is 7.81. The lowest BCUT2D eigenvalue weighted by molar-refractivity contribution is -0.390. The van der Waals surface area contributed by atoms with Crippen LogP contribution in [-0.2, 0) is 76.6 Å². The summed E-state index contributed by atoms with van der Waals surface area (Å²) in [6, 6.07) is -1.95. The Kier molecular flexibility index (Phi) is 18.9. The van der Waals surface area contributed by atoms with Crippen molar-refractivity contribution in [1.82, 2.24) is 5.32 Å². The number of carbonyl (C=O) groups excluding carboxylic acids is 1. The Balaban J connectivity index is 1.54. The van der Waals surface area contributed by atoms with Crippen molar-refractivity contribution in [3.63, 3.8) is 0 Å². The summed E-state index contributed by atoms with van der Waals surface area (Å²) in [5.41, 5.74) is 0. The zero-order valence-corrected chi connectivity index (χ0v) is 36.0. The highest BCUT2D eigenvalue weighted by Gasteiger charge is 2.58. The minimum Gasteiger partial charge on any atom is -0.394 e. The summed E-state index contributed by atoms with van der Waals surface area (Å²) >= 11 is 0. The molecule has 5 saturated heterocycles. The number of hydrogen-bond donors (Lipinski definition) is 16.